The molecule has 1 aromatic rings. The zero-order chi connectivity index (χ0) is 13.1. The first kappa shape index (κ1) is 13.8. The van der Waals surface area contributed by atoms with Crippen molar-refractivity contribution < 1.29 is 22.7 Å². The van der Waals surface area contributed by atoms with Gasteiger partial charge in [0.2, 0.25) is 0 Å². The van der Waals surface area contributed by atoms with E-state index in [1.165, 1.54) is 18.3 Å². The van der Waals surface area contributed by atoms with Crippen LogP contribution in [0.15, 0.2) is 23.2 Å². The van der Waals surface area contributed by atoms with Gasteiger partial charge in [-0.1, -0.05) is 0 Å². The van der Waals surface area contributed by atoms with Gasteiger partial charge in [0.25, 0.3) is 0 Å². The molecular weight excluding hydrogens is 255 g/mol. The number of hydrogen-bond donors (Lipinski definition) is 0. The minimum atomic E-state index is -4.46. The summed E-state index contributed by atoms with van der Waals surface area (Å²) in [6.07, 6.45) is 0.838. The molecule has 1 rings (SSSR count). The summed E-state index contributed by atoms with van der Waals surface area (Å²) in [7, 11) is 0. The molecule has 0 bridgehead atoms. The lowest BCUT2D eigenvalue weighted by Gasteiger charge is -2.11. The molecule has 0 spiro atoms. The highest BCUT2D eigenvalue weighted by atomic mass is 32.2. The van der Waals surface area contributed by atoms with E-state index < -0.39 is 17.6 Å². The molecule has 0 saturated carbocycles. The maximum Gasteiger partial charge on any atom is 0.446 e. The highest BCUT2D eigenvalue weighted by Gasteiger charge is 2.32. The summed E-state index contributed by atoms with van der Waals surface area (Å²) in [4.78, 5) is 14.9. The van der Waals surface area contributed by atoms with Gasteiger partial charge in [-0.15, -0.1) is 0 Å². The Hall–Kier alpha value is -1.24. The first-order valence-electron chi connectivity index (χ1n) is 4.71. The van der Waals surface area contributed by atoms with Crippen LogP contribution in [-0.4, -0.2) is 22.6 Å². The quantitative estimate of drug-likeness (QED) is 0.621. The van der Waals surface area contributed by atoms with E-state index >= 15 is 0 Å². The predicted molar refractivity (Wildman–Crippen MR) is 56.7 cm³/mol. The van der Waals surface area contributed by atoms with Gasteiger partial charge in [-0.2, -0.15) is 13.2 Å². The Labute approximate surface area is 100 Å². The van der Waals surface area contributed by atoms with E-state index in [0.29, 0.717) is 0 Å². The number of aromatic nitrogens is 1. The van der Waals surface area contributed by atoms with Crippen molar-refractivity contribution in [3.8, 4) is 0 Å². The van der Waals surface area contributed by atoms with Crippen molar-refractivity contribution in [2.45, 2.75) is 30.4 Å². The van der Waals surface area contributed by atoms with E-state index in [1.807, 2.05) is 0 Å². The summed E-state index contributed by atoms with van der Waals surface area (Å²) >= 11 is -0.381. The van der Waals surface area contributed by atoms with Crippen molar-refractivity contribution >= 4 is 17.7 Å². The van der Waals surface area contributed by atoms with Crippen molar-refractivity contribution in [1.29, 1.82) is 0 Å². The van der Waals surface area contributed by atoms with Crippen LogP contribution in [0, 0.1) is 0 Å². The minimum absolute atomic E-state index is 0.259. The average molecular weight is 265 g/mol. The van der Waals surface area contributed by atoms with Gasteiger partial charge in [-0.25, -0.2) is 9.78 Å². The van der Waals surface area contributed by atoms with Crippen molar-refractivity contribution in [3.63, 3.8) is 0 Å². The van der Waals surface area contributed by atoms with Gasteiger partial charge < -0.3 is 4.74 Å². The molecule has 0 saturated heterocycles. The fourth-order valence-corrected chi connectivity index (χ4v) is 1.65. The van der Waals surface area contributed by atoms with Crippen LogP contribution in [0.25, 0.3) is 0 Å². The average Bonchev–Trinajstić information content (AvgIpc) is 2.14. The van der Waals surface area contributed by atoms with Crippen LogP contribution in [-0.2, 0) is 4.74 Å². The number of alkyl halides is 3. The molecule has 0 atom stereocenters. The molecule has 0 amide bonds. The lowest BCUT2D eigenvalue weighted by molar-refractivity contribution is -0.0328. The van der Waals surface area contributed by atoms with E-state index in [9.17, 15) is 18.0 Å². The lowest BCUT2D eigenvalue weighted by atomic mass is 10.3. The smallest absolute Gasteiger partial charge is 0.446 e. The Kier molecular flexibility index (Phi) is 4.39. The zero-order valence-corrected chi connectivity index (χ0v) is 9.93. The Morgan fingerprint density at radius 2 is 2.12 bits per heavy atom. The van der Waals surface area contributed by atoms with Gasteiger partial charge >= 0.3 is 11.5 Å². The maximum atomic E-state index is 12.2. The molecular formula is C10H10F3NO2S. The van der Waals surface area contributed by atoms with Crippen molar-refractivity contribution in [1.82, 2.24) is 4.98 Å². The third kappa shape index (κ3) is 4.64. The van der Waals surface area contributed by atoms with E-state index in [0.717, 1.165) is 0 Å². The van der Waals surface area contributed by atoms with Crippen LogP contribution in [0.4, 0.5) is 13.2 Å². The SMILES string of the molecule is CC(C)OC(=O)c1ncccc1SC(F)(F)F. The Bertz CT molecular complexity index is 407. The van der Waals surface area contributed by atoms with Crippen molar-refractivity contribution in [3.05, 3.63) is 24.0 Å². The molecule has 0 radical (unpaired) electrons. The predicted octanol–water partition coefficient (Wildman–Crippen LogP) is 3.26. The standard InChI is InChI=1S/C10H10F3NO2S/c1-6(2)16-9(15)8-7(4-3-5-14-8)17-10(11,12)13/h3-6H,1-2H3. The van der Waals surface area contributed by atoms with Gasteiger partial charge in [0, 0.05) is 11.1 Å². The number of hydrogen-bond acceptors (Lipinski definition) is 4. The second kappa shape index (κ2) is 5.39. The van der Waals surface area contributed by atoms with Gasteiger partial charge in [-0.05, 0) is 37.7 Å². The first-order chi connectivity index (χ1) is 7.79. The summed E-state index contributed by atoms with van der Waals surface area (Å²) in [6, 6.07) is 2.52. The Morgan fingerprint density at radius 1 is 1.47 bits per heavy atom. The highest BCUT2D eigenvalue weighted by Crippen LogP contribution is 2.38. The van der Waals surface area contributed by atoms with Crippen LogP contribution >= 0.6 is 11.8 Å². The van der Waals surface area contributed by atoms with Gasteiger partial charge in [0.05, 0.1) is 6.10 Å². The molecule has 1 aromatic heterocycles. The van der Waals surface area contributed by atoms with Crippen LogP contribution < -0.4 is 0 Å². The summed E-state index contributed by atoms with van der Waals surface area (Å²) < 4.78 is 41.5. The topological polar surface area (TPSA) is 39.2 Å². The number of carbonyl (C=O) groups excluding carboxylic acids is 1. The molecule has 1 heterocycles. The number of nitrogens with zero attached hydrogens (tertiary/aromatic N) is 1. The Morgan fingerprint density at radius 3 is 2.65 bits per heavy atom. The number of halogens is 3. The summed E-state index contributed by atoms with van der Waals surface area (Å²) in [5, 5.41) is 0. The van der Waals surface area contributed by atoms with Crippen LogP contribution in [0.2, 0.25) is 0 Å². The lowest BCUT2D eigenvalue weighted by Crippen LogP contribution is -2.14. The van der Waals surface area contributed by atoms with Crippen LogP contribution in [0.1, 0.15) is 24.3 Å². The first-order valence-corrected chi connectivity index (χ1v) is 5.53. The molecule has 0 aliphatic rings. The second-order valence-electron chi connectivity index (χ2n) is 3.35. The number of rotatable bonds is 3. The fourth-order valence-electron chi connectivity index (χ4n) is 1.02. The van der Waals surface area contributed by atoms with Crippen LogP contribution in [0.5, 0.6) is 0 Å². The molecule has 3 nitrogen and oxygen atoms in total. The molecule has 0 N–H and O–H groups in total. The number of thioether (sulfide) groups is 1. The number of carbonyl (C=O) groups is 1. The maximum absolute atomic E-state index is 12.2. The fraction of sp³-hybridized carbons (Fsp3) is 0.400. The number of pyridine rings is 1. The third-order valence-electron chi connectivity index (χ3n) is 1.53. The second-order valence-corrected chi connectivity index (χ2v) is 4.46. The molecule has 94 valence electrons. The normalized spacial score (nSPS) is 11.6. The van der Waals surface area contributed by atoms with E-state index in [-0.39, 0.29) is 22.4 Å². The molecule has 0 aliphatic heterocycles. The van der Waals surface area contributed by atoms with E-state index in [2.05, 4.69) is 4.98 Å². The van der Waals surface area contributed by atoms with Crippen molar-refractivity contribution in [2.75, 3.05) is 0 Å². The number of ether oxygens (including phenoxy) is 1. The van der Waals surface area contributed by atoms with Crippen LogP contribution in [0.3, 0.4) is 0 Å². The highest BCUT2D eigenvalue weighted by molar-refractivity contribution is 8.00. The molecule has 0 aliphatic carbocycles. The van der Waals surface area contributed by atoms with Crippen molar-refractivity contribution in [2.24, 2.45) is 0 Å². The monoisotopic (exact) mass is 265 g/mol. The molecule has 17 heavy (non-hydrogen) atoms. The summed E-state index contributed by atoms with van der Waals surface area (Å²) in [5.41, 5.74) is -4.78. The molecule has 0 unspecified atom stereocenters. The minimum Gasteiger partial charge on any atom is -0.458 e. The summed E-state index contributed by atoms with van der Waals surface area (Å²) in [5.74, 6) is -0.854. The zero-order valence-electron chi connectivity index (χ0n) is 9.12. The van der Waals surface area contributed by atoms with E-state index in [1.54, 1.807) is 13.8 Å². The molecule has 0 fully saturated rings. The largest absolute Gasteiger partial charge is 0.458 e. The summed E-state index contributed by atoms with van der Waals surface area (Å²) in [6.45, 7) is 3.22. The third-order valence-corrected chi connectivity index (χ3v) is 2.31. The number of esters is 1. The molecule has 0 aromatic carbocycles. The molecule has 7 heteroatoms. The Balaban J connectivity index is 2.95. The van der Waals surface area contributed by atoms with Gasteiger partial charge in [0.1, 0.15) is 0 Å². The van der Waals surface area contributed by atoms with E-state index in [4.69, 9.17) is 4.74 Å². The van der Waals surface area contributed by atoms with Gasteiger partial charge in [-0.3, -0.25) is 0 Å². The van der Waals surface area contributed by atoms with Gasteiger partial charge in [0.15, 0.2) is 5.69 Å².